The lowest BCUT2D eigenvalue weighted by Gasteiger charge is -2.26. The third-order valence-corrected chi connectivity index (χ3v) is 6.99. The highest BCUT2D eigenvalue weighted by molar-refractivity contribution is 7.92. The van der Waals surface area contributed by atoms with E-state index in [1.165, 1.54) is 63.8 Å². The van der Waals surface area contributed by atoms with Gasteiger partial charge in [0.2, 0.25) is 5.91 Å². The molecule has 1 amide bonds. The molecule has 0 spiro atoms. The van der Waals surface area contributed by atoms with Gasteiger partial charge >= 0.3 is 0 Å². The quantitative estimate of drug-likeness (QED) is 0.452. The van der Waals surface area contributed by atoms with Crippen LogP contribution in [0.25, 0.3) is 0 Å². The standard InChI is InChI=1S/C24H24F2N2O6S/c1-32-16-8-7-15(11-18-19(25)5-4-6-20(18)26)21(12-16)28(14-24(27)29)35(30,31)17-9-10-22(33-2)23(13-17)34-3/h4-10,12-13H,11,14H2,1-3H3,(H2,27,29). The molecule has 3 aromatic carbocycles. The molecule has 0 bridgehead atoms. The largest absolute Gasteiger partial charge is 0.497 e. The first-order chi connectivity index (χ1) is 16.6. The molecular formula is C24H24F2N2O6S. The Balaban J connectivity index is 2.21. The lowest BCUT2D eigenvalue weighted by Crippen LogP contribution is -2.39. The van der Waals surface area contributed by atoms with Crippen molar-refractivity contribution in [1.82, 2.24) is 0 Å². The summed E-state index contributed by atoms with van der Waals surface area (Å²) in [6, 6.07) is 11.7. The Hall–Kier alpha value is -3.86. The Bertz CT molecular complexity index is 1330. The third kappa shape index (κ3) is 5.46. The summed E-state index contributed by atoms with van der Waals surface area (Å²) in [5.41, 5.74) is 5.32. The molecule has 3 rings (SSSR count). The van der Waals surface area contributed by atoms with E-state index in [1.807, 2.05) is 0 Å². The molecule has 0 aliphatic heterocycles. The van der Waals surface area contributed by atoms with E-state index in [4.69, 9.17) is 19.9 Å². The molecule has 0 fully saturated rings. The van der Waals surface area contributed by atoms with E-state index in [1.54, 1.807) is 0 Å². The van der Waals surface area contributed by atoms with E-state index in [0.717, 1.165) is 16.4 Å². The van der Waals surface area contributed by atoms with Crippen LogP contribution in [0.4, 0.5) is 14.5 Å². The Morgan fingerprint density at radius 3 is 2.14 bits per heavy atom. The first-order valence-electron chi connectivity index (χ1n) is 10.2. The Kier molecular flexibility index (Phi) is 7.80. The van der Waals surface area contributed by atoms with Crippen LogP contribution >= 0.6 is 0 Å². The molecule has 3 aromatic rings. The number of hydrogen-bond acceptors (Lipinski definition) is 6. The number of amides is 1. The van der Waals surface area contributed by atoms with E-state index in [-0.39, 0.29) is 39.6 Å². The summed E-state index contributed by atoms with van der Waals surface area (Å²) in [6.45, 7) is -0.739. The molecule has 2 N–H and O–H groups in total. The van der Waals surface area contributed by atoms with Crippen LogP contribution in [0.1, 0.15) is 11.1 Å². The van der Waals surface area contributed by atoms with Gasteiger partial charge < -0.3 is 19.9 Å². The lowest BCUT2D eigenvalue weighted by molar-refractivity contribution is -0.116. The maximum absolute atomic E-state index is 14.4. The van der Waals surface area contributed by atoms with Crippen molar-refractivity contribution in [1.29, 1.82) is 0 Å². The number of sulfonamides is 1. The Morgan fingerprint density at radius 2 is 1.57 bits per heavy atom. The molecule has 0 aliphatic rings. The number of methoxy groups -OCH3 is 3. The second kappa shape index (κ2) is 10.6. The fourth-order valence-corrected chi connectivity index (χ4v) is 4.97. The van der Waals surface area contributed by atoms with Gasteiger partial charge in [0.1, 0.15) is 23.9 Å². The Morgan fingerprint density at radius 1 is 0.914 bits per heavy atom. The van der Waals surface area contributed by atoms with Gasteiger partial charge in [-0.05, 0) is 35.9 Å². The van der Waals surface area contributed by atoms with Crippen LogP contribution in [0.3, 0.4) is 0 Å². The SMILES string of the molecule is COc1ccc(Cc2c(F)cccc2F)c(N(CC(N)=O)S(=O)(=O)c2ccc(OC)c(OC)c2)c1. The predicted molar refractivity (Wildman–Crippen MR) is 125 cm³/mol. The Labute approximate surface area is 201 Å². The average Bonchev–Trinajstić information content (AvgIpc) is 2.84. The summed E-state index contributed by atoms with van der Waals surface area (Å²) in [4.78, 5) is 11.7. The van der Waals surface area contributed by atoms with Crippen molar-refractivity contribution in [2.24, 2.45) is 5.73 Å². The minimum absolute atomic E-state index is 0.0272. The molecule has 0 aromatic heterocycles. The molecule has 0 saturated carbocycles. The van der Waals surface area contributed by atoms with Crippen molar-refractivity contribution in [3.8, 4) is 17.2 Å². The number of primary amides is 1. The number of hydrogen-bond donors (Lipinski definition) is 1. The van der Waals surface area contributed by atoms with Crippen LogP contribution in [0.2, 0.25) is 0 Å². The van der Waals surface area contributed by atoms with Gasteiger partial charge in [0.15, 0.2) is 11.5 Å². The summed E-state index contributed by atoms with van der Waals surface area (Å²) in [7, 11) is -0.297. The van der Waals surface area contributed by atoms with E-state index in [0.29, 0.717) is 5.75 Å². The summed E-state index contributed by atoms with van der Waals surface area (Å²) in [6.07, 6.45) is -0.297. The average molecular weight is 507 g/mol. The van der Waals surface area contributed by atoms with Crippen LogP contribution < -0.4 is 24.2 Å². The molecule has 11 heteroatoms. The van der Waals surface area contributed by atoms with Crippen LogP contribution in [0.5, 0.6) is 17.2 Å². The lowest BCUT2D eigenvalue weighted by atomic mass is 10.0. The van der Waals surface area contributed by atoms with Gasteiger partial charge in [-0.25, -0.2) is 17.2 Å². The zero-order chi connectivity index (χ0) is 25.8. The van der Waals surface area contributed by atoms with Crippen molar-refractivity contribution in [3.05, 3.63) is 77.4 Å². The van der Waals surface area contributed by atoms with Crippen molar-refractivity contribution in [3.63, 3.8) is 0 Å². The minimum Gasteiger partial charge on any atom is -0.497 e. The number of carbonyl (C=O) groups is 1. The number of nitrogens with two attached hydrogens (primary N) is 1. The number of rotatable bonds is 10. The number of halogens is 2. The topological polar surface area (TPSA) is 108 Å². The second-order valence-electron chi connectivity index (χ2n) is 7.37. The summed E-state index contributed by atoms with van der Waals surface area (Å²) in [5, 5.41) is 0. The normalized spacial score (nSPS) is 11.1. The first-order valence-corrected chi connectivity index (χ1v) is 11.7. The van der Waals surface area contributed by atoms with Crippen molar-refractivity contribution >= 4 is 21.6 Å². The van der Waals surface area contributed by atoms with Gasteiger partial charge in [-0.2, -0.15) is 0 Å². The minimum atomic E-state index is -4.41. The zero-order valence-electron chi connectivity index (χ0n) is 19.2. The first kappa shape index (κ1) is 25.8. The van der Waals surface area contributed by atoms with Gasteiger partial charge in [-0.15, -0.1) is 0 Å². The van der Waals surface area contributed by atoms with Crippen molar-refractivity contribution < 1.29 is 36.2 Å². The van der Waals surface area contributed by atoms with E-state index in [9.17, 15) is 22.0 Å². The fourth-order valence-electron chi connectivity index (χ4n) is 3.49. The summed E-state index contributed by atoms with van der Waals surface area (Å²) >= 11 is 0. The molecule has 186 valence electrons. The molecule has 0 aliphatic carbocycles. The second-order valence-corrected chi connectivity index (χ2v) is 9.23. The third-order valence-electron chi connectivity index (χ3n) is 5.23. The van der Waals surface area contributed by atoms with Gasteiger partial charge in [-0.3, -0.25) is 9.10 Å². The van der Waals surface area contributed by atoms with Crippen LogP contribution in [-0.4, -0.2) is 42.2 Å². The highest BCUT2D eigenvalue weighted by Gasteiger charge is 2.30. The van der Waals surface area contributed by atoms with Gasteiger partial charge in [0.05, 0.1) is 31.9 Å². The number of ether oxygens (including phenoxy) is 3. The molecule has 0 saturated heterocycles. The molecule has 0 atom stereocenters. The van der Waals surface area contributed by atoms with Gasteiger partial charge in [-0.1, -0.05) is 12.1 Å². The molecule has 35 heavy (non-hydrogen) atoms. The molecule has 0 unspecified atom stereocenters. The molecule has 0 heterocycles. The zero-order valence-corrected chi connectivity index (χ0v) is 20.1. The van der Waals surface area contributed by atoms with E-state index >= 15 is 0 Å². The van der Waals surface area contributed by atoms with Gasteiger partial charge in [0.25, 0.3) is 10.0 Å². The molecule has 8 nitrogen and oxygen atoms in total. The smallest absolute Gasteiger partial charge is 0.264 e. The van der Waals surface area contributed by atoms with E-state index in [2.05, 4.69) is 0 Å². The number of carbonyl (C=O) groups excluding carboxylic acids is 1. The van der Waals surface area contributed by atoms with Crippen molar-refractivity contribution in [2.45, 2.75) is 11.3 Å². The van der Waals surface area contributed by atoms with Crippen molar-refractivity contribution in [2.75, 3.05) is 32.2 Å². The maximum Gasteiger partial charge on any atom is 0.264 e. The fraction of sp³-hybridized carbons (Fsp3) is 0.208. The van der Waals surface area contributed by atoms with E-state index < -0.39 is 34.1 Å². The van der Waals surface area contributed by atoms with Crippen LogP contribution in [-0.2, 0) is 21.2 Å². The monoisotopic (exact) mass is 506 g/mol. The summed E-state index contributed by atoms with van der Waals surface area (Å²) < 4.78 is 72.5. The molecular weight excluding hydrogens is 482 g/mol. The predicted octanol–water partition coefficient (Wildman–Crippen LogP) is 3.26. The van der Waals surface area contributed by atoms with Crippen LogP contribution in [0, 0.1) is 11.6 Å². The number of benzene rings is 3. The number of nitrogens with zero attached hydrogens (tertiary/aromatic N) is 1. The van der Waals surface area contributed by atoms with Gasteiger partial charge in [0, 0.05) is 24.1 Å². The summed E-state index contributed by atoms with van der Waals surface area (Å²) in [5.74, 6) is -1.83. The highest BCUT2D eigenvalue weighted by atomic mass is 32.2. The van der Waals surface area contributed by atoms with Crippen LogP contribution in [0.15, 0.2) is 59.5 Å². The number of anilines is 1. The molecule has 0 radical (unpaired) electrons. The maximum atomic E-state index is 14.4. The highest BCUT2D eigenvalue weighted by Crippen LogP contribution is 2.35.